The van der Waals surface area contributed by atoms with Crippen molar-refractivity contribution >= 4 is 12.1 Å². The minimum atomic E-state index is -0.720. The van der Waals surface area contributed by atoms with Crippen molar-refractivity contribution < 1.29 is 23.7 Å². The summed E-state index contributed by atoms with van der Waals surface area (Å²) in [6, 6.07) is 12.6. The Labute approximate surface area is 184 Å². The summed E-state index contributed by atoms with van der Waals surface area (Å²) in [6.45, 7) is 4.49. The first-order valence-electron chi connectivity index (χ1n) is 10.5. The summed E-state index contributed by atoms with van der Waals surface area (Å²) in [4.78, 5) is 12.2. The first kappa shape index (κ1) is 24.1. The van der Waals surface area contributed by atoms with Gasteiger partial charge in [0.15, 0.2) is 17.6 Å². The van der Waals surface area contributed by atoms with Crippen LogP contribution in [0.5, 0.6) is 23.0 Å². The molecule has 0 aliphatic heterocycles. The van der Waals surface area contributed by atoms with Gasteiger partial charge in [-0.3, -0.25) is 4.79 Å². The molecule has 31 heavy (non-hydrogen) atoms. The number of benzene rings is 2. The number of methoxy groups -OCH3 is 2. The molecular formula is C24H32N2O5. The Balaban J connectivity index is 1.87. The molecule has 2 aromatic rings. The molecule has 0 radical (unpaired) electrons. The standard InChI is InChI=1S/C24H32N2O5/c1-5-6-7-8-14-30-22-13-12-19(15-23(22)29-4)17-25-26-24(27)18(2)31-21-11-9-10-20(16-21)28-3/h9-13,15-18H,5-8,14H2,1-4H3,(H,26,27)/b25-17+. The predicted molar refractivity (Wildman–Crippen MR) is 121 cm³/mol. The molecule has 1 unspecified atom stereocenters. The van der Waals surface area contributed by atoms with Crippen LogP contribution < -0.4 is 24.4 Å². The van der Waals surface area contributed by atoms with E-state index in [0.717, 1.165) is 18.4 Å². The van der Waals surface area contributed by atoms with E-state index >= 15 is 0 Å². The van der Waals surface area contributed by atoms with Gasteiger partial charge in [0.05, 0.1) is 27.0 Å². The highest BCUT2D eigenvalue weighted by Crippen LogP contribution is 2.27. The number of amides is 1. The van der Waals surface area contributed by atoms with E-state index in [1.807, 2.05) is 18.2 Å². The molecule has 2 aromatic carbocycles. The van der Waals surface area contributed by atoms with E-state index in [9.17, 15) is 4.79 Å². The van der Waals surface area contributed by atoms with Crippen LogP contribution in [-0.4, -0.2) is 39.1 Å². The van der Waals surface area contributed by atoms with E-state index in [1.165, 1.54) is 12.8 Å². The third kappa shape index (κ3) is 8.20. The zero-order valence-electron chi connectivity index (χ0n) is 18.7. The van der Waals surface area contributed by atoms with Crippen LogP contribution in [0.15, 0.2) is 47.6 Å². The van der Waals surface area contributed by atoms with Crippen molar-refractivity contribution in [1.82, 2.24) is 5.43 Å². The van der Waals surface area contributed by atoms with Gasteiger partial charge in [-0.05, 0) is 49.2 Å². The Hall–Kier alpha value is -3.22. The lowest BCUT2D eigenvalue weighted by molar-refractivity contribution is -0.127. The number of hydrogen-bond acceptors (Lipinski definition) is 6. The largest absolute Gasteiger partial charge is 0.497 e. The number of carbonyl (C=O) groups is 1. The number of ether oxygens (including phenoxy) is 4. The summed E-state index contributed by atoms with van der Waals surface area (Å²) in [6.07, 6.45) is 5.40. The van der Waals surface area contributed by atoms with Crippen LogP contribution in [0.1, 0.15) is 45.1 Å². The zero-order chi connectivity index (χ0) is 22.5. The normalized spacial score (nSPS) is 11.7. The molecule has 0 fully saturated rings. The van der Waals surface area contributed by atoms with Crippen molar-refractivity contribution in [3.8, 4) is 23.0 Å². The molecule has 7 nitrogen and oxygen atoms in total. The van der Waals surface area contributed by atoms with Gasteiger partial charge in [0.25, 0.3) is 5.91 Å². The van der Waals surface area contributed by atoms with E-state index in [-0.39, 0.29) is 5.91 Å². The number of hydrazone groups is 1. The van der Waals surface area contributed by atoms with Crippen molar-refractivity contribution in [2.45, 2.75) is 45.6 Å². The quantitative estimate of drug-likeness (QED) is 0.287. The molecule has 0 spiro atoms. The minimum Gasteiger partial charge on any atom is -0.497 e. The van der Waals surface area contributed by atoms with Crippen LogP contribution in [0.2, 0.25) is 0 Å². The van der Waals surface area contributed by atoms with E-state index in [4.69, 9.17) is 18.9 Å². The maximum atomic E-state index is 12.2. The second-order valence-corrected chi connectivity index (χ2v) is 6.99. The Kier molecular flexibility index (Phi) is 10.2. The number of unbranched alkanes of at least 4 members (excludes halogenated alkanes) is 3. The van der Waals surface area contributed by atoms with Gasteiger partial charge >= 0.3 is 0 Å². The molecule has 2 rings (SSSR count). The summed E-state index contributed by atoms with van der Waals surface area (Å²) in [5.41, 5.74) is 3.26. The molecule has 1 amide bonds. The van der Waals surface area contributed by atoms with Crippen LogP contribution in [0.3, 0.4) is 0 Å². The van der Waals surface area contributed by atoms with E-state index in [0.29, 0.717) is 29.6 Å². The minimum absolute atomic E-state index is 0.363. The van der Waals surface area contributed by atoms with Crippen LogP contribution in [0.25, 0.3) is 0 Å². The average Bonchev–Trinajstić information content (AvgIpc) is 2.79. The van der Waals surface area contributed by atoms with Gasteiger partial charge in [0.2, 0.25) is 0 Å². The monoisotopic (exact) mass is 428 g/mol. The second-order valence-electron chi connectivity index (χ2n) is 6.99. The van der Waals surface area contributed by atoms with Crippen LogP contribution in [0.4, 0.5) is 0 Å². The van der Waals surface area contributed by atoms with Gasteiger partial charge in [-0.1, -0.05) is 32.3 Å². The second kappa shape index (κ2) is 13.2. The van der Waals surface area contributed by atoms with Gasteiger partial charge in [-0.15, -0.1) is 0 Å². The summed E-state index contributed by atoms with van der Waals surface area (Å²) < 4.78 is 22.0. The predicted octanol–water partition coefficient (Wildman–Crippen LogP) is 4.58. The van der Waals surface area contributed by atoms with E-state index < -0.39 is 6.10 Å². The highest BCUT2D eigenvalue weighted by Gasteiger charge is 2.14. The van der Waals surface area contributed by atoms with Crippen molar-refractivity contribution in [1.29, 1.82) is 0 Å². The molecule has 0 aliphatic rings. The maximum absolute atomic E-state index is 12.2. The van der Waals surface area contributed by atoms with E-state index in [1.54, 1.807) is 51.6 Å². The zero-order valence-corrected chi connectivity index (χ0v) is 18.7. The summed E-state index contributed by atoms with van der Waals surface area (Å²) in [7, 11) is 3.17. The smallest absolute Gasteiger partial charge is 0.280 e. The Morgan fingerprint density at radius 1 is 1.03 bits per heavy atom. The topological polar surface area (TPSA) is 78.4 Å². The lowest BCUT2D eigenvalue weighted by Crippen LogP contribution is -2.33. The maximum Gasteiger partial charge on any atom is 0.280 e. The van der Waals surface area contributed by atoms with Crippen molar-refractivity contribution in [2.75, 3.05) is 20.8 Å². The van der Waals surface area contributed by atoms with Crippen LogP contribution >= 0.6 is 0 Å². The Morgan fingerprint density at radius 2 is 1.84 bits per heavy atom. The van der Waals surface area contributed by atoms with Gasteiger partial charge in [-0.25, -0.2) is 5.43 Å². The van der Waals surface area contributed by atoms with Crippen LogP contribution in [0, 0.1) is 0 Å². The first-order valence-corrected chi connectivity index (χ1v) is 10.5. The van der Waals surface area contributed by atoms with Gasteiger partial charge in [-0.2, -0.15) is 5.10 Å². The first-order chi connectivity index (χ1) is 15.1. The third-order valence-corrected chi connectivity index (χ3v) is 4.55. The number of hydrogen-bond donors (Lipinski definition) is 1. The van der Waals surface area contributed by atoms with Gasteiger partial charge in [0.1, 0.15) is 11.5 Å². The molecule has 0 aromatic heterocycles. The van der Waals surface area contributed by atoms with Gasteiger partial charge in [0, 0.05) is 6.07 Å². The fraction of sp³-hybridized carbons (Fsp3) is 0.417. The lowest BCUT2D eigenvalue weighted by atomic mass is 10.2. The molecule has 1 N–H and O–H groups in total. The molecule has 0 heterocycles. The van der Waals surface area contributed by atoms with Crippen molar-refractivity contribution in [3.63, 3.8) is 0 Å². The third-order valence-electron chi connectivity index (χ3n) is 4.55. The van der Waals surface area contributed by atoms with E-state index in [2.05, 4.69) is 17.5 Å². The van der Waals surface area contributed by atoms with Crippen molar-refractivity contribution in [2.24, 2.45) is 5.10 Å². The van der Waals surface area contributed by atoms with Gasteiger partial charge < -0.3 is 18.9 Å². The SMILES string of the molecule is CCCCCCOc1ccc(/C=N/NC(=O)C(C)Oc2cccc(OC)c2)cc1OC. The molecule has 0 bridgehead atoms. The molecular weight excluding hydrogens is 396 g/mol. The number of nitrogens with one attached hydrogen (secondary N) is 1. The molecule has 168 valence electrons. The molecule has 1 atom stereocenters. The number of nitrogens with zero attached hydrogens (tertiary/aromatic N) is 1. The number of carbonyl (C=O) groups excluding carboxylic acids is 1. The Morgan fingerprint density at radius 3 is 2.58 bits per heavy atom. The molecule has 0 saturated heterocycles. The lowest BCUT2D eigenvalue weighted by Gasteiger charge is -2.13. The number of rotatable bonds is 13. The highest BCUT2D eigenvalue weighted by molar-refractivity contribution is 5.84. The Bertz CT molecular complexity index is 854. The molecule has 0 aliphatic carbocycles. The fourth-order valence-corrected chi connectivity index (χ4v) is 2.79. The average molecular weight is 429 g/mol. The summed E-state index contributed by atoms with van der Waals surface area (Å²) in [5.74, 6) is 2.16. The molecule has 0 saturated carbocycles. The summed E-state index contributed by atoms with van der Waals surface area (Å²) in [5, 5.41) is 4.01. The molecule has 7 heteroatoms. The highest BCUT2D eigenvalue weighted by atomic mass is 16.5. The fourth-order valence-electron chi connectivity index (χ4n) is 2.79. The van der Waals surface area contributed by atoms with Crippen molar-refractivity contribution in [3.05, 3.63) is 48.0 Å². The van der Waals surface area contributed by atoms with Crippen LogP contribution in [-0.2, 0) is 4.79 Å². The summed E-state index contributed by atoms with van der Waals surface area (Å²) >= 11 is 0.